The molecule has 3 rings (SSSR count). The lowest BCUT2D eigenvalue weighted by Gasteiger charge is -2.12. The number of halogens is 3. The minimum Gasteiger partial charge on any atom is -0.739 e. The van der Waals surface area contributed by atoms with Gasteiger partial charge in [-0.05, 0) is 25.1 Å². The number of carbonyl (C=O) groups is 1. The number of nitrogens with zero attached hydrogens (tertiary/aromatic N) is 3. The van der Waals surface area contributed by atoms with E-state index in [0.717, 1.165) is 31.2 Å². The van der Waals surface area contributed by atoms with E-state index in [9.17, 15) is 28.4 Å². The molecule has 2 aromatic rings. The van der Waals surface area contributed by atoms with Crippen LogP contribution >= 0.6 is 0 Å². The molecule has 10 nitrogen and oxygen atoms in total. The molecule has 1 aromatic heterocycles. The van der Waals surface area contributed by atoms with Crippen molar-refractivity contribution >= 4 is 23.0 Å². The van der Waals surface area contributed by atoms with Crippen LogP contribution in [0.4, 0.5) is 19.1 Å². The Morgan fingerprint density at radius 2 is 2.14 bits per heavy atom. The molecule has 0 saturated carbocycles. The highest BCUT2D eigenvalue weighted by molar-refractivity contribution is 5.71. The van der Waals surface area contributed by atoms with E-state index in [-0.39, 0.29) is 34.2 Å². The van der Waals surface area contributed by atoms with Gasteiger partial charge in [0, 0.05) is 11.4 Å². The van der Waals surface area contributed by atoms with E-state index < -0.39 is 29.5 Å². The van der Waals surface area contributed by atoms with Gasteiger partial charge in [-0.3, -0.25) is 10.1 Å². The van der Waals surface area contributed by atoms with Crippen LogP contribution in [0.5, 0.6) is 5.75 Å². The first-order chi connectivity index (χ1) is 13.2. The van der Waals surface area contributed by atoms with Crippen molar-refractivity contribution in [2.75, 3.05) is 25.0 Å². The fourth-order valence-corrected chi connectivity index (χ4v) is 2.68. The van der Waals surface area contributed by atoms with Crippen molar-refractivity contribution in [1.82, 2.24) is 10.4 Å². The first-order valence-electron chi connectivity index (χ1n) is 8.30. The number of esters is 1. The third-order valence-corrected chi connectivity index (χ3v) is 3.91. The normalized spacial score (nSPS) is 16.9. The van der Waals surface area contributed by atoms with E-state index in [1.807, 2.05) is 0 Å². The van der Waals surface area contributed by atoms with Gasteiger partial charge in [0.25, 0.3) is 0 Å². The summed E-state index contributed by atoms with van der Waals surface area (Å²) in [6, 6.07) is 2.67. The number of benzene rings is 1. The van der Waals surface area contributed by atoms with E-state index in [1.165, 1.54) is 0 Å². The number of carbonyl (C=O) groups excluding carboxylic acids is 1. The summed E-state index contributed by atoms with van der Waals surface area (Å²) in [7, 11) is 0. The second-order valence-electron chi connectivity index (χ2n) is 5.97. The zero-order chi connectivity index (χ0) is 20.3. The minimum atomic E-state index is -4.94. The summed E-state index contributed by atoms with van der Waals surface area (Å²) in [5, 5.41) is 33.3. The first-order valence-corrected chi connectivity index (χ1v) is 8.30. The zero-order valence-electron chi connectivity index (χ0n) is 14.4. The maximum absolute atomic E-state index is 12.3. The van der Waals surface area contributed by atoms with Gasteiger partial charge < -0.3 is 25.2 Å². The topological polar surface area (TPSA) is 126 Å². The minimum absolute atomic E-state index is 0.00216. The predicted octanol–water partition coefficient (Wildman–Crippen LogP) is 0.107. The number of fused-ring (bicyclic) bond motifs is 1. The predicted molar refractivity (Wildman–Crippen MR) is 86.8 cm³/mol. The van der Waals surface area contributed by atoms with Crippen LogP contribution in [0.15, 0.2) is 18.2 Å². The van der Waals surface area contributed by atoms with Crippen molar-refractivity contribution in [2.45, 2.75) is 25.3 Å². The molecule has 0 radical (unpaired) electrons. The van der Waals surface area contributed by atoms with Crippen LogP contribution in [-0.4, -0.2) is 43.2 Å². The molecule has 0 aliphatic carbocycles. The maximum Gasteiger partial charge on any atom is 0.573 e. The van der Waals surface area contributed by atoms with Crippen LogP contribution in [0.25, 0.3) is 11.0 Å². The summed E-state index contributed by atoms with van der Waals surface area (Å²) in [6.45, 7) is 1.34. The number of rotatable bonds is 6. The molecule has 1 atom stereocenters. The van der Waals surface area contributed by atoms with Gasteiger partial charge in [-0.25, -0.2) is 4.73 Å². The Bertz CT molecular complexity index is 873. The smallest absolute Gasteiger partial charge is 0.573 e. The molecule has 0 amide bonds. The molecule has 1 fully saturated rings. The standard InChI is InChI=1S/C15H16F3N5O5/c16-15(17,18)28-9-1-2-11-12(7-9)23(26)21-14(22(11)25)20-6-4-13(24)27-10-3-5-19-8-10/h1-2,7,10,19H,3-6,8H2,(H,20,21)/t10-/m0/s1. The summed E-state index contributed by atoms with van der Waals surface area (Å²) in [4.78, 5) is 11.7. The lowest BCUT2D eigenvalue weighted by atomic mass is 10.3. The van der Waals surface area contributed by atoms with Crippen molar-refractivity contribution < 1.29 is 37.0 Å². The van der Waals surface area contributed by atoms with E-state index >= 15 is 0 Å². The molecule has 0 bridgehead atoms. The van der Waals surface area contributed by atoms with Crippen LogP contribution in [-0.2, 0) is 9.53 Å². The summed E-state index contributed by atoms with van der Waals surface area (Å²) < 4.78 is 46.0. The van der Waals surface area contributed by atoms with Crippen molar-refractivity contribution in [3.05, 3.63) is 28.6 Å². The number of hydrogen-bond donors (Lipinski definition) is 2. The Kier molecular flexibility index (Phi) is 5.53. The van der Waals surface area contributed by atoms with Gasteiger partial charge in [0.2, 0.25) is 5.10 Å². The summed E-state index contributed by atoms with van der Waals surface area (Å²) in [5.74, 6) is -1.53. The van der Waals surface area contributed by atoms with Gasteiger partial charge in [0.15, 0.2) is 5.52 Å². The first kappa shape index (κ1) is 19.7. The highest BCUT2D eigenvalue weighted by Gasteiger charge is 2.32. The molecule has 2 heterocycles. The summed E-state index contributed by atoms with van der Waals surface area (Å²) in [5.41, 5.74) is -0.628. The Labute approximate surface area is 156 Å². The molecular formula is C15H16F3N5O5. The van der Waals surface area contributed by atoms with Gasteiger partial charge in [-0.1, -0.05) is 0 Å². The van der Waals surface area contributed by atoms with E-state index in [4.69, 9.17) is 4.74 Å². The molecule has 1 saturated heterocycles. The molecule has 28 heavy (non-hydrogen) atoms. The quantitative estimate of drug-likeness (QED) is 0.395. The van der Waals surface area contributed by atoms with Gasteiger partial charge in [0.05, 0.1) is 19.0 Å². The van der Waals surface area contributed by atoms with Gasteiger partial charge in [0.1, 0.15) is 11.9 Å². The van der Waals surface area contributed by atoms with Crippen molar-refractivity contribution in [2.24, 2.45) is 0 Å². The average molecular weight is 403 g/mol. The SMILES string of the molecule is O=C(CCNc1n[n+]([O-])c2cc(OC(F)(F)F)ccc2[n+]1[O-])O[C@H]1CCNC1. The van der Waals surface area contributed by atoms with E-state index in [1.54, 1.807) is 0 Å². The molecule has 0 spiro atoms. The summed E-state index contributed by atoms with van der Waals surface area (Å²) >= 11 is 0. The Morgan fingerprint density at radius 3 is 2.82 bits per heavy atom. The van der Waals surface area contributed by atoms with Crippen molar-refractivity contribution in [1.29, 1.82) is 0 Å². The number of alkyl halides is 3. The largest absolute Gasteiger partial charge is 0.739 e. The number of anilines is 1. The third kappa shape index (κ3) is 4.79. The zero-order valence-corrected chi connectivity index (χ0v) is 14.4. The molecule has 1 aromatic carbocycles. The molecule has 152 valence electrons. The highest BCUT2D eigenvalue weighted by atomic mass is 19.4. The molecule has 1 aliphatic rings. The van der Waals surface area contributed by atoms with E-state index in [0.29, 0.717) is 6.54 Å². The second-order valence-corrected chi connectivity index (χ2v) is 5.97. The van der Waals surface area contributed by atoms with Crippen LogP contribution in [0.3, 0.4) is 0 Å². The Hall–Kier alpha value is -3.09. The molecular weight excluding hydrogens is 387 g/mol. The monoisotopic (exact) mass is 403 g/mol. The van der Waals surface area contributed by atoms with Crippen molar-refractivity contribution in [3.63, 3.8) is 0 Å². The van der Waals surface area contributed by atoms with Crippen LogP contribution in [0.2, 0.25) is 0 Å². The van der Waals surface area contributed by atoms with Gasteiger partial charge >= 0.3 is 23.8 Å². The average Bonchev–Trinajstić information content (AvgIpc) is 3.10. The van der Waals surface area contributed by atoms with E-state index in [2.05, 4.69) is 20.5 Å². The third-order valence-electron chi connectivity index (χ3n) is 3.91. The lowest BCUT2D eigenvalue weighted by Crippen LogP contribution is -2.44. The van der Waals surface area contributed by atoms with Crippen molar-refractivity contribution in [3.8, 4) is 5.75 Å². The van der Waals surface area contributed by atoms with Crippen LogP contribution in [0.1, 0.15) is 12.8 Å². The number of ether oxygens (including phenoxy) is 2. The molecule has 0 unspecified atom stereocenters. The summed E-state index contributed by atoms with van der Waals surface area (Å²) in [6.07, 6.45) is -4.46. The Morgan fingerprint density at radius 1 is 1.36 bits per heavy atom. The fraction of sp³-hybridized carbons (Fsp3) is 0.467. The molecule has 1 aliphatic heterocycles. The van der Waals surface area contributed by atoms with Gasteiger partial charge in [-0.2, -0.15) is 0 Å². The fourth-order valence-electron chi connectivity index (χ4n) is 2.68. The van der Waals surface area contributed by atoms with Crippen LogP contribution in [0, 0.1) is 10.4 Å². The Balaban J connectivity index is 1.67. The van der Waals surface area contributed by atoms with Crippen LogP contribution < -0.4 is 24.9 Å². The molecule has 2 N–H and O–H groups in total. The maximum atomic E-state index is 12.3. The van der Waals surface area contributed by atoms with Gasteiger partial charge in [-0.15, -0.1) is 13.2 Å². The molecule has 13 heteroatoms. The number of nitrogens with one attached hydrogen (secondary N) is 2. The second kappa shape index (κ2) is 7.88. The highest BCUT2D eigenvalue weighted by Crippen LogP contribution is 2.24. The lowest BCUT2D eigenvalue weighted by molar-refractivity contribution is -0.672. The number of hydrogen-bond acceptors (Lipinski definition) is 8. The number of aromatic nitrogens is 3.